The number of rotatable bonds is 3. The zero-order valence-electron chi connectivity index (χ0n) is 5.85. The lowest BCUT2D eigenvalue weighted by atomic mass is 10.3. The van der Waals surface area contributed by atoms with Gasteiger partial charge in [-0.3, -0.25) is 0 Å². The van der Waals surface area contributed by atoms with Crippen LogP contribution < -0.4 is 0 Å². The highest BCUT2D eigenvalue weighted by Crippen LogP contribution is 2.48. The van der Waals surface area contributed by atoms with E-state index in [1.54, 1.807) is 0 Å². The molecule has 0 aromatic rings. The first-order valence-corrected chi connectivity index (χ1v) is 5.69. The lowest BCUT2D eigenvalue weighted by molar-refractivity contribution is 0.402. The molecule has 0 unspecified atom stereocenters. The van der Waals surface area contributed by atoms with Crippen molar-refractivity contribution in [3.05, 3.63) is 0 Å². The lowest BCUT2D eigenvalue weighted by Gasteiger charge is -2.27. The molecule has 0 rings (SSSR count). The standard InChI is InChI=1S/C4H5Cl4O3S/c1-2-3(5,6)4(7,8)12(9,10)11/h2H2,1H3. The predicted molar refractivity (Wildman–Crippen MR) is 48.8 cm³/mol. The molecule has 0 aliphatic heterocycles. The van der Waals surface area contributed by atoms with Gasteiger partial charge in [-0.2, -0.15) is 8.42 Å². The molecule has 0 spiro atoms. The SMILES string of the molecule is CCC(Cl)(Cl)C(Cl)(Cl)S([O])(=O)=O. The maximum atomic E-state index is 10.5. The Morgan fingerprint density at radius 3 is 1.58 bits per heavy atom. The van der Waals surface area contributed by atoms with Crippen molar-refractivity contribution in [2.75, 3.05) is 0 Å². The van der Waals surface area contributed by atoms with Gasteiger partial charge in [-0.15, -0.1) is 0 Å². The average molecular weight is 275 g/mol. The van der Waals surface area contributed by atoms with E-state index in [0.29, 0.717) is 0 Å². The Morgan fingerprint density at radius 2 is 1.50 bits per heavy atom. The highest BCUT2D eigenvalue weighted by atomic mass is 35.5. The lowest BCUT2D eigenvalue weighted by Crippen LogP contribution is -2.42. The van der Waals surface area contributed by atoms with Crippen LogP contribution in [0.25, 0.3) is 0 Å². The molecule has 73 valence electrons. The second kappa shape index (κ2) is 3.67. The molecule has 3 nitrogen and oxygen atoms in total. The minimum absolute atomic E-state index is 0.0649. The Balaban J connectivity index is 5.13. The average Bonchev–Trinajstić information content (AvgIpc) is 1.85. The maximum Gasteiger partial charge on any atom is 0.332 e. The smallest absolute Gasteiger partial charge is 0.194 e. The largest absolute Gasteiger partial charge is 0.332 e. The summed E-state index contributed by atoms with van der Waals surface area (Å²) in [7, 11) is -4.96. The van der Waals surface area contributed by atoms with Crippen molar-refractivity contribution in [3.8, 4) is 0 Å². The first-order chi connectivity index (χ1) is 5.06. The van der Waals surface area contributed by atoms with Crippen molar-refractivity contribution in [1.29, 1.82) is 0 Å². The molecule has 1 radical (unpaired) electrons. The molecule has 0 amide bonds. The van der Waals surface area contributed by atoms with Crippen LogP contribution in [0.15, 0.2) is 0 Å². The van der Waals surface area contributed by atoms with Crippen molar-refractivity contribution >= 4 is 56.5 Å². The number of hydrogen-bond acceptors (Lipinski definition) is 2. The molecule has 0 aliphatic rings. The molecule has 12 heavy (non-hydrogen) atoms. The first kappa shape index (κ1) is 13.1. The minimum Gasteiger partial charge on any atom is -0.194 e. The third-order valence-electron chi connectivity index (χ3n) is 1.18. The molecular formula is C4H5Cl4O3S. The second-order valence-electron chi connectivity index (χ2n) is 2.03. The quantitative estimate of drug-likeness (QED) is 0.743. The fourth-order valence-corrected chi connectivity index (χ4v) is 1.73. The van der Waals surface area contributed by atoms with Crippen LogP contribution in [0.2, 0.25) is 0 Å². The fraction of sp³-hybridized carbons (Fsp3) is 1.00. The highest BCUT2D eigenvalue weighted by molar-refractivity contribution is 7.90. The van der Waals surface area contributed by atoms with Gasteiger partial charge in [0.25, 0.3) is 3.67 Å². The van der Waals surface area contributed by atoms with Gasteiger partial charge in [0.2, 0.25) is 0 Å². The number of halogens is 4. The molecule has 0 aromatic carbocycles. The van der Waals surface area contributed by atoms with Gasteiger partial charge < -0.3 is 0 Å². The normalized spacial score (nSPS) is 14.8. The Morgan fingerprint density at radius 1 is 1.17 bits per heavy atom. The van der Waals surface area contributed by atoms with E-state index < -0.39 is 18.1 Å². The van der Waals surface area contributed by atoms with E-state index >= 15 is 0 Å². The van der Waals surface area contributed by atoms with Crippen LogP contribution in [0, 0.1) is 0 Å². The summed E-state index contributed by atoms with van der Waals surface area (Å²) in [5, 5.41) is 0. The summed E-state index contributed by atoms with van der Waals surface area (Å²) in [4.78, 5) is 0. The Labute approximate surface area is 90.7 Å². The summed E-state index contributed by atoms with van der Waals surface area (Å²) in [6.07, 6.45) is -0.0649. The second-order valence-corrected chi connectivity index (χ2v) is 6.81. The fourth-order valence-electron chi connectivity index (χ4n) is 0.389. The molecule has 0 fully saturated rings. The van der Waals surface area contributed by atoms with Crippen LogP contribution in [0.5, 0.6) is 0 Å². The van der Waals surface area contributed by atoms with Crippen LogP contribution in [0.4, 0.5) is 0 Å². The van der Waals surface area contributed by atoms with E-state index in [4.69, 9.17) is 46.4 Å². The molecule has 0 aliphatic carbocycles. The summed E-state index contributed by atoms with van der Waals surface area (Å²) in [6.45, 7) is 1.45. The number of alkyl halides is 4. The van der Waals surface area contributed by atoms with Crippen molar-refractivity contribution in [2.24, 2.45) is 0 Å². The summed E-state index contributed by atoms with van der Waals surface area (Å²) in [6, 6.07) is 0. The highest BCUT2D eigenvalue weighted by Gasteiger charge is 2.56. The third kappa shape index (κ3) is 2.30. The van der Waals surface area contributed by atoms with E-state index in [2.05, 4.69) is 0 Å². The molecule has 8 heteroatoms. The summed E-state index contributed by atoms with van der Waals surface area (Å²) in [5.74, 6) is 0. The summed E-state index contributed by atoms with van der Waals surface area (Å²) in [5.41, 5.74) is 0. The van der Waals surface area contributed by atoms with Gasteiger partial charge in [0.05, 0.1) is 0 Å². The minimum atomic E-state index is -4.96. The van der Waals surface area contributed by atoms with E-state index in [1.165, 1.54) is 6.92 Å². The van der Waals surface area contributed by atoms with Gasteiger partial charge in [-0.1, -0.05) is 57.9 Å². The van der Waals surface area contributed by atoms with Gasteiger partial charge >= 0.3 is 10.1 Å². The molecule has 0 heterocycles. The molecule has 0 bridgehead atoms. The molecule has 0 atom stereocenters. The van der Waals surface area contributed by atoms with Gasteiger partial charge in [-0.05, 0) is 6.42 Å². The first-order valence-electron chi connectivity index (χ1n) is 2.77. The van der Waals surface area contributed by atoms with Gasteiger partial charge in [0, 0.05) is 0 Å². The molecule has 0 N–H and O–H groups in total. The zero-order chi connectivity index (χ0) is 10.2. The maximum absolute atomic E-state index is 10.5. The van der Waals surface area contributed by atoms with E-state index in [1.807, 2.05) is 0 Å². The van der Waals surface area contributed by atoms with Crippen molar-refractivity contribution in [1.82, 2.24) is 0 Å². The van der Waals surface area contributed by atoms with E-state index in [9.17, 15) is 13.0 Å². The van der Waals surface area contributed by atoms with Gasteiger partial charge in [-0.25, -0.2) is 0 Å². The Hall–Kier alpha value is 1.07. The van der Waals surface area contributed by atoms with Crippen molar-refractivity contribution < 1.29 is 13.0 Å². The predicted octanol–water partition coefficient (Wildman–Crippen LogP) is 2.46. The van der Waals surface area contributed by atoms with Crippen LogP contribution in [0.3, 0.4) is 0 Å². The molecular weight excluding hydrogens is 270 g/mol. The molecule has 0 aromatic heterocycles. The van der Waals surface area contributed by atoms with Crippen molar-refractivity contribution in [3.63, 3.8) is 0 Å². The summed E-state index contributed by atoms with van der Waals surface area (Å²) < 4.78 is 26.7. The van der Waals surface area contributed by atoms with Crippen LogP contribution >= 0.6 is 46.4 Å². The Kier molecular flexibility index (Phi) is 4.00. The van der Waals surface area contributed by atoms with E-state index in [-0.39, 0.29) is 6.42 Å². The monoisotopic (exact) mass is 273 g/mol. The number of hydrogen-bond donors (Lipinski definition) is 0. The van der Waals surface area contributed by atoms with Gasteiger partial charge in [0.1, 0.15) is 0 Å². The van der Waals surface area contributed by atoms with Crippen LogP contribution in [0.1, 0.15) is 13.3 Å². The topological polar surface area (TPSA) is 54.0 Å². The third-order valence-corrected chi connectivity index (χ3v) is 5.65. The van der Waals surface area contributed by atoms with Gasteiger partial charge in [0.15, 0.2) is 4.33 Å². The van der Waals surface area contributed by atoms with Crippen molar-refractivity contribution in [2.45, 2.75) is 21.3 Å². The molecule has 0 saturated heterocycles. The molecule has 0 saturated carbocycles. The Bertz CT molecular complexity index is 257. The van der Waals surface area contributed by atoms with Crippen LogP contribution in [-0.4, -0.2) is 16.4 Å². The van der Waals surface area contributed by atoms with Crippen LogP contribution in [-0.2, 0) is 14.7 Å². The summed E-state index contributed by atoms with van der Waals surface area (Å²) >= 11 is 21.2. The zero-order valence-corrected chi connectivity index (χ0v) is 9.69. The van der Waals surface area contributed by atoms with E-state index in [0.717, 1.165) is 0 Å².